The SMILES string of the molecule is CCCCn1cc(C(=O)NCc2ccc(C[SH](=O)=O)cc2)c(=O)n(-c2cccc(C#N)c2)c1=O. The Balaban J connectivity index is 1.94. The average molecular weight is 481 g/mol. The number of aryl methyl sites for hydroxylation is 1. The first kappa shape index (κ1) is 24.7. The lowest BCUT2D eigenvalue weighted by Crippen LogP contribution is -2.43. The first-order valence-electron chi connectivity index (χ1n) is 10.7. The Morgan fingerprint density at radius 2 is 1.79 bits per heavy atom. The quantitative estimate of drug-likeness (QED) is 0.448. The van der Waals surface area contributed by atoms with Gasteiger partial charge in [-0.3, -0.25) is 14.2 Å². The van der Waals surface area contributed by atoms with Gasteiger partial charge in [0, 0.05) is 19.3 Å². The molecule has 0 saturated carbocycles. The number of nitrogens with zero attached hydrogens (tertiary/aromatic N) is 3. The van der Waals surface area contributed by atoms with Crippen molar-refractivity contribution in [3.8, 4) is 11.8 Å². The van der Waals surface area contributed by atoms with Gasteiger partial charge in [-0.05, 0) is 35.7 Å². The lowest BCUT2D eigenvalue weighted by Gasteiger charge is -2.13. The Bertz CT molecular complexity index is 1420. The molecule has 0 aliphatic rings. The zero-order chi connectivity index (χ0) is 24.7. The van der Waals surface area contributed by atoms with Crippen molar-refractivity contribution < 1.29 is 13.2 Å². The molecule has 0 aliphatic carbocycles. The number of carbonyl (C=O) groups is 1. The van der Waals surface area contributed by atoms with Crippen LogP contribution in [0.3, 0.4) is 0 Å². The van der Waals surface area contributed by atoms with E-state index in [0.717, 1.165) is 16.6 Å². The Kier molecular flexibility index (Phi) is 8.16. The van der Waals surface area contributed by atoms with E-state index in [1.165, 1.54) is 22.9 Å². The molecule has 0 spiro atoms. The summed E-state index contributed by atoms with van der Waals surface area (Å²) in [5, 5.41) is 11.9. The molecule has 1 N–H and O–H groups in total. The third kappa shape index (κ3) is 5.88. The van der Waals surface area contributed by atoms with Crippen molar-refractivity contribution in [3.05, 3.63) is 97.8 Å². The van der Waals surface area contributed by atoms with Crippen LogP contribution in [0.2, 0.25) is 0 Å². The Morgan fingerprint density at radius 1 is 1.09 bits per heavy atom. The van der Waals surface area contributed by atoms with Gasteiger partial charge in [0.25, 0.3) is 11.5 Å². The highest BCUT2D eigenvalue weighted by atomic mass is 32.2. The molecule has 0 aliphatic heterocycles. The molecule has 1 amide bonds. The molecule has 9 nitrogen and oxygen atoms in total. The number of rotatable bonds is 9. The van der Waals surface area contributed by atoms with Crippen molar-refractivity contribution in [2.24, 2.45) is 0 Å². The van der Waals surface area contributed by atoms with E-state index in [4.69, 9.17) is 0 Å². The first-order chi connectivity index (χ1) is 16.3. The Labute approximate surface area is 197 Å². The fourth-order valence-electron chi connectivity index (χ4n) is 3.38. The summed E-state index contributed by atoms with van der Waals surface area (Å²) in [6.45, 7) is 2.41. The summed E-state index contributed by atoms with van der Waals surface area (Å²) in [5.41, 5.74) is 0.289. The van der Waals surface area contributed by atoms with Crippen LogP contribution in [0.25, 0.3) is 5.69 Å². The summed E-state index contributed by atoms with van der Waals surface area (Å²) in [7, 11) is -2.53. The van der Waals surface area contributed by atoms with Crippen molar-refractivity contribution in [2.75, 3.05) is 0 Å². The van der Waals surface area contributed by atoms with Crippen LogP contribution in [-0.2, 0) is 29.5 Å². The zero-order valence-corrected chi connectivity index (χ0v) is 19.5. The zero-order valence-electron chi connectivity index (χ0n) is 18.6. The number of hydrogen-bond donors (Lipinski definition) is 2. The van der Waals surface area contributed by atoms with E-state index in [1.54, 1.807) is 36.4 Å². The second-order valence-corrected chi connectivity index (χ2v) is 8.65. The van der Waals surface area contributed by atoms with Crippen LogP contribution in [0, 0.1) is 11.3 Å². The van der Waals surface area contributed by atoms with E-state index in [0.29, 0.717) is 18.5 Å². The van der Waals surface area contributed by atoms with E-state index in [2.05, 4.69) is 5.32 Å². The topological polar surface area (TPSA) is 131 Å². The van der Waals surface area contributed by atoms with Crippen molar-refractivity contribution in [3.63, 3.8) is 0 Å². The summed E-state index contributed by atoms with van der Waals surface area (Å²) >= 11 is 0. The maximum Gasteiger partial charge on any atom is 0.335 e. The lowest BCUT2D eigenvalue weighted by molar-refractivity contribution is 0.0948. The normalized spacial score (nSPS) is 10.7. The molecule has 3 rings (SSSR count). The molecule has 0 bridgehead atoms. The largest absolute Gasteiger partial charge is 0.348 e. The monoisotopic (exact) mass is 480 g/mol. The van der Waals surface area contributed by atoms with Gasteiger partial charge in [0.1, 0.15) is 16.3 Å². The van der Waals surface area contributed by atoms with Gasteiger partial charge in [-0.2, -0.15) is 5.26 Å². The minimum absolute atomic E-state index is 0.0617. The van der Waals surface area contributed by atoms with Crippen molar-refractivity contribution >= 4 is 16.6 Å². The van der Waals surface area contributed by atoms with E-state index in [9.17, 15) is 28.1 Å². The Morgan fingerprint density at radius 3 is 2.44 bits per heavy atom. The fraction of sp³-hybridized carbons (Fsp3) is 0.250. The first-order valence-corrected chi connectivity index (χ1v) is 12.0. The smallest absolute Gasteiger partial charge is 0.335 e. The molecule has 0 unspecified atom stereocenters. The second-order valence-electron chi connectivity index (χ2n) is 7.67. The number of benzene rings is 2. The number of carbonyl (C=O) groups excluding carboxylic acids is 1. The van der Waals surface area contributed by atoms with Crippen LogP contribution in [-0.4, -0.2) is 23.5 Å². The summed E-state index contributed by atoms with van der Waals surface area (Å²) in [6, 6.07) is 14.8. The molecule has 2 aromatic carbocycles. The maximum absolute atomic E-state index is 13.2. The standard InChI is InChI=1S/C24H24N4O5S/c1-2-3-11-27-15-21(22(29)26-14-17-7-9-18(10-8-17)16-34(32)33)23(30)28(24(27)31)20-6-4-5-19(12-20)13-25/h4-10,12,15,34H,2-3,11,14,16H2,1H3,(H,26,29). The van der Waals surface area contributed by atoms with Crippen molar-refractivity contribution in [1.29, 1.82) is 5.26 Å². The maximum atomic E-state index is 13.2. The molecule has 1 aromatic heterocycles. The molecule has 0 saturated heterocycles. The summed E-state index contributed by atoms with van der Waals surface area (Å²) < 4.78 is 23.9. The molecule has 10 heteroatoms. The third-order valence-electron chi connectivity index (χ3n) is 5.17. The number of nitrogens with one attached hydrogen (secondary N) is 1. The highest BCUT2D eigenvalue weighted by molar-refractivity contribution is 7.71. The minimum Gasteiger partial charge on any atom is -0.348 e. The van der Waals surface area contributed by atoms with Gasteiger partial charge in [0.2, 0.25) is 0 Å². The summed E-state index contributed by atoms with van der Waals surface area (Å²) in [6.07, 6.45) is 2.76. The van der Waals surface area contributed by atoms with Crippen LogP contribution in [0.5, 0.6) is 0 Å². The molecule has 0 atom stereocenters. The summed E-state index contributed by atoms with van der Waals surface area (Å²) in [5.74, 6) is -0.708. The second kappa shape index (κ2) is 11.2. The van der Waals surface area contributed by atoms with E-state index in [1.807, 2.05) is 13.0 Å². The van der Waals surface area contributed by atoms with E-state index in [-0.39, 0.29) is 29.1 Å². The number of aromatic nitrogens is 2. The van der Waals surface area contributed by atoms with Gasteiger partial charge in [0.15, 0.2) is 0 Å². The number of amides is 1. The summed E-state index contributed by atoms with van der Waals surface area (Å²) in [4.78, 5) is 39.1. The predicted octanol–water partition coefficient (Wildman–Crippen LogP) is 1.71. The van der Waals surface area contributed by atoms with Crippen LogP contribution >= 0.6 is 0 Å². The Hall–Kier alpha value is -3.97. The average Bonchev–Trinajstić information content (AvgIpc) is 2.83. The number of unbranched alkanes of at least 4 members (excludes halogenated alkanes) is 1. The molecule has 34 heavy (non-hydrogen) atoms. The minimum atomic E-state index is -2.53. The van der Waals surface area contributed by atoms with E-state index < -0.39 is 27.9 Å². The third-order valence-corrected chi connectivity index (χ3v) is 5.80. The highest BCUT2D eigenvalue weighted by Crippen LogP contribution is 2.08. The van der Waals surface area contributed by atoms with Crippen LogP contribution in [0.4, 0.5) is 0 Å². The molecule has 1 heterocycles. The predicted molar refractivity (Wildman–Crippen MR) is 128 cm³/mol. The van der Waals surface area contributed by atoms with Crippen molar-refractivity contribution in [2.45, 2.75) is 38.6 Å². The molecule has 0 fully saturated rings. The van der Waals surface area contributed by atoms with Crippen LogP contribution in [0.15, 0.2) is 64.3 Å². The number of nitriles is 1. The van der Waals surface area contributed by atoms with Gasteiger partial charge in [-0.15, -0.1) is 0 Å². The van der Waals surface area contributed by atoms with Gasteiger partial charge < -0.3 is 5.32 Å². The molecular weight excluding hydrogens is 456 g/mol. The number of thiol groups is 1. The van der Waals surface area contributed by atoms with Gasteiger partial charge in [-0.25, -0.2) is 17.8 Å². The van der Waals surface area contributed by atoms with Crippen LogP contribution < -0.4 is 16.6 Å². The fourth-order valence-corrected chi connectivity index (χ4v) is 3.89. The molecular formula is C24H24N4O5S. The molecule has 0 radical (unpaired) electrons. The lowest BCUT2D eigenvalue weighted by atomic mass is 10.1. The van der Waals surface area contributed by atoms with Crippen molar-refractivity contribution in [1.82, 2.24) is 14.5 Å². The molecule has 176 valence electrons. The van der Waals surface area contributed by atoms with Crippen LogP contribution in [0.1, 0.15) is 46.8 Å². The van der Waals surface area contributed by atoms with Gasteiger partial charge in [0.05, 0.1) is 23.1 Å². The van der Waals surface area contributed by atoms with E-state index >= 15 is 0 Å². The van der Waals surface area contributed by atoms with Gasteiger partial charge in [-0.1, -0.05) is 43.7 Å². The number of hydrogen-bond acceptors (Lipinski definition) is 6. The highest BCUT2D eigenvalue weighted by Gasteiger charge is 2.18. The van der Waals surface area contributed by atoms with Gasteiger partial charge >= 0.3 is 5.69 Å². The molecule has 3 aromatic rings.